The summed E-state index contributed by atoms with van der Waals surface area (Å²) < 4.78 is 1.24. The number of benzene rings is 2. The minimum absolute atomic E-state index is 0.575. The number of rotatable bonds is 3. The van der Waals surface area contributed by atoms with Gasteiger partial charge in [-0.2, -0.15) is 0 Å². The molecule has 0 bridgehead atoms. The summed E-state index contributed by atoms with van der Waals surface area (Å²) >= 11 is 1.59. The second-order valence-corrected chi connectivity index (χ2v) is 4.74. The van der Waals surface area contributed by atoms with Crippen molar-refractivity contribution in [2.45, 2.75) is 10.4 Å². The monoisotopic (exact) mass is 301 g/mol. The topological polar surface area (TPSA) is 0 Å². The quantitative estimate of drug-likeness (QED) is 0.762. The molecule has 2 rings (SSSR count). The van der Waals surface area contributed by atoms with Gasteiger partial charge >= 0.3 is 105 Å². The molecule has 0 spiro atoms. The van der Waals surface area contributed by atoms with E-state index in [1.807, 2.05) is 0 Å². The van der Waals surface area contributed by atoms with Crippen LogP contribution in [-0.4, -0.2) is 22.5 Å². The van der Waals surface area contributed by atoms with Gasteiger partial charge in [-0.25, -0.2) is 0 Å². The van der Waals surface area contributed by atoms with Crippen LogP contribution < -0.4 is 0 Å². The van der Waals surface area contributed by atoms with Crippen molar-refractivity contribution in [1.29, 1.82) is 0 Å². The van der Waals surface area contributed by atoms with E-state index in [4.69, 9.17) is 0 Å². The molecule has 0 aromatic heterocycles. The predicted molar refractivity (Wildman–Crippen MR) is 65.3 cm³/mol. The third-order valence-corrected chi connectivity index (χ3v) is 3.77. The van der Waals surface area contributed by atoms with Crippen molar-refractivity contribution in [3.8, 4) is 0 Å². The SMILES string of the molecule is [Sn][CH2]C(c1ccccc1)c1ccccc1. The first-order valence-electron chi connectivity index (χ1n) is 5.16. The van der Waals surface area contributed by atoms with Crippen LogP contribution in [0.1, 0.15) is 17.0 Å². The molecule has 0 aliphatic rings. The van der Waals surface area contributed by atoms with E-state index in [0.29, 0.717) is 5.92 Å². The molecule has 2 aromatic rings. The molecule has 0 heterocycles. The van der Waals surface area contributed by atoms with Gasteiger partial charge in [0.1, 0.15) is 0 Å². The molecule has 0 fully saturated rings. The summed E-state index contributed by atoms with van der Waals surface area (Å²) in [4.78, 5) is 0. The molecule has 15 heavy (non-hydrogen) atoms. The average molecular weight is 300 g/mol. The van der Waals surface area contributed by atoms with Gasteiger partial charge in [0.25, 0.3) is 0 Å². The van der Waals surface area contributed by atoms with Crippen LogP contribution in [0.5, 0.6) is 0 Å². The fourth-order valence-electron chi connectivity index (χ4n) is 1.80. The van der Waals surface area contributed by atoms with E-state index in [-0.39, 0.29) is 0 Å². The van der Waals surface area contributed by atoms with Gasteiger partial charge in [-0.05, 0) is 0 Å². The Labute approximate surface area is 104 Å². The van der Waals surface area contributed by atoms with Crippen molar-refractivity contribution < 1.29 is 0 Å². The van der Waals surface area contributed by atoms with Gasteiger partial charge in [-0.1, -0.05) is 0 Å². The zero-order chi connectivity index (χ0) is 10.5. The average Bonchev–Trinajstić information content (AvgIpc) is 2.33. The molecular formula is C14H13Sn. The summed E-state index contributed by atoms with van der Waals surface area (Å²) in [5.41, 5.74) is 2.86. The van der Waals surface area contributed by atoms with Crippen LogP contribution in [0.25, 0.3) is 0 Å². The van der Waals surface area contributed by atoms with Crippen molar-refractivity contribution in [1.82, 2.24) is 0 Å². The van der Waals surface area contributed by atoms with Crippen molar-refractivity contribution >= 4 is 22.5 Å². The zero-order valence-electron chi connectivity index (χ0n) is 8.56. The molecule has 0 atom stereocenters. The minimum atomic E-state index is 0.575. The van der Waals surface area contributed by atoms with Gasteiger partial charge in [-0.15, -0.1) is 0 Å². The molecular weight excluding hydrogens is 287 g/mol. The van der Waals surface area contributed by atoms with E-state index in [1.165, 1.54) is 15.6 Å². The molecule has 3 radical (unpaired) electrons. The van der Waals surface area contributed by atoms with E-state index in [9.17, 15) is 0 Å². The van der Waals surface area contributed by atoms with Gasteiger partial charge in [0.2, 0.25) is 0 Å². The Morgan fingerprint density at radius 3 is 1.47 bits per heavy atom. The molecule has 2 aromatic carbocycles. The normalized spacial score (nSPS) is 10.5. The van der Waals surface area contributed by atoms with Crippen molar-refractivity contribution in [2.24, 2.45) is 0 Å². The van der Waals surface area contributed by atoms with Crippen molar-refractivity contribution in [2.75, 3.05) is 0 Å². The molecule has 0 saturated heterocycles. The molecule has 0 saturated carbocycles. The second kappa shape index (κ2) is 5.36. The van der Waals surface area contributed by atoms with Crippen LogP contribution >= 0.6 is 0 Å². The first kappa shape index (κ1) is 10.7. The Kier molecular flexibility index (Phi) is 3.84. The van der Waals surface area contributed by atoms with E-state index >= 15 is 0 Å². The number of hydrogen-bond acceptors (Lipinski definition) is 0. The molecule has 0 aliphatic heterocycles. The maximum atomic E-state index is 2.22. The van der Waals surface area contributed by atoms with Gasteiger partial charge in [0.05, 0.1) is 0 Å². The van der Waals surface area contributed by atoms with E-state index in [1.54, 1.807) is 22.5 Å². The molecule has 0 N–H and O–H groups in total. The molecule has 0 amide bonds. The van der Waals surface area contributed by atoms with Gasteiger partial charge in [0, 0.05) is 0 Å². The molecule has 0 nitrogen and oxygen atoms in total. The fourth-order valence-corrected chi connectivity index (χ4v) is 3.14. The Morgan fingerprint density at radius 2 is 1.13 bits per heavy atom. The first-order chi connectivity index (χ1) is 7.42. The second-order valence-electron chi connectivity index (χ2n) is 3.58. The van der Waals surface area contributed by atoms with Crippen LogP contribution in [0.4, 0.5) is 0 Å². The third-order valence-electron chi connectivity index (χ3n) is 2.61. The van der Waals surface area contributed by atoms with Crippen LogP contribution in [0.15, 0.2) is 60.7 Å². The molecule has 0 unspecified atom stereocenters. The van der Waals surface area contributed by atoms with Gasteiger partial charge in [-0.3, -0.25) is 0 Å². The summed E-state index contributed by atoms with van der Waals surface area (Å²) in [6.07, 6.45) is 0. The van der Waals surface area contributed by atoms with Crippen LogP contribution in [0, 0.1) is 0 Å². The maximum absolute atomic E-state index is 2.22. The van der Waals surface area contributed by atoms with Crippen molar-refractivity contribution in [3.05, 3.63) is 71.8 Å². The predicted octanol–water partition coefficient (Wildman–Crippen LogP) is 3.41. The fraction of sp³-hybridized carbons (Fsp3) is 0.143. The molecule has 73 valence electrons. The third kappa shape index (κ3) is 2.63. The summed E-state index contributed by atoms with van der Waals surface area (Å²) in [5.74, 6) is 0.575. The molecule has 1 heteroatoms. The van der Waals surface area contributed by atoms with E-state index in [0.717, 1.165) is 0 Å². The zero-order valence-corrected chi connectivity index (χ0v) is 11.4. The van der Waals surface area contributed by atoms with Crippen LogP contribution in [0.2, 0.25) is 4.44 Å². The first-order valence-corrected chi connectivity index (χ1v) is 7.18. The molecule has 0 aliphatic carbocycles. The Hall–Kier alpha value is -0.761. The van der Waals surface area contributed by atoms with E-state index < -0.39 is 0 Å². The summed E-state index contributed by atoms with van der Waals surface area (Å²) in [7, 11) is 0. The van der Waals surface area contributed by atoms with E-state index in [2.05, 4.69) is 60.7 Å². The van der Waals surface area contributed by atoms with Crippen LogP contribution in [-0.2, 0) is 0 Å². The van der Waals surface area contributed by atoms with Crippen LogP contribution in [0.3, 0.4) is 0 Å². The standard InChI is InChI=1S/C14H13.Sn/c1-12(13-8-4-2-5-9-13)14-10-6-3-7-11-14;/h2-12H,1H2;. The number of hydrogen-bond donors (Lipinski definition) is 0. The Balaban J connectivity index is 2.34. The Bertz CT molecular complexity index is 355. The Morgan fingerprint density at radius 1 is 0.733 bits per heavy atom. The summed E-state index contributed by atoms with van der Waals surface area (Å²) in [5, 5.41) is 0. The van der Waals surface area contributed by atoms with Crippen molar-refractivity contribution in [3.63, 3.8) is 0 Å². The summed E-state index contributed by atoms with van der Waals surface area (Å²) in [6, 6.07) is 21.5. The van der Waals surface area contributed by atoms with Gasteiger partial charge in [0.15, 0.2) is 0 Å². The summed E-state index contributed by atoms with van der Waals surface area (Å²) in [6.45, 7) is 0. The van der Waals surface area contributed by atoms with Gasteiger partial charge < -0.3 is 0 Å².